The molecular weight excluding hydrogens is 558 g/mol. The Morgan fingerprint density at radius 3 is 2.78 bits per heavy atom. The molecule has 2 aromatic carbocycles. The van der Waals surface area contributed by atoms with Crippen molar-refractivity contribution in [1.82, 2.24) is 20.3 Å². The molecule has 1 radical (unpaired) electrons. The van der Waals surface area contributed by atoms with Crippen LogP contribution in [0.5, 0.6) is 5.75 Å². The molecule has 0 unspecified atom stereocenters. The molecule has 4 heterocycles. The first-order chi connectivity index (χ1) is 21.8. The summed E-state index contributed by atoms with van der Waals surface area (Å²) in [7, 11) is 2.23. The van der Waals surface area contributed by atoms with Crippen LogP contribution < -0.4 is 10.1 Å². The molecule has 2 saturated heterocycles. The van der Waals surface area contributed by atoms with Crippen molar-refractivity contribution >= 4 is 11.4 Å². The van der Waals surface area contributed by atoms with E-state index in [4.69, 9.17) is 14.6 Å². The van der Waals surface area contributed by atoms with Gasteiger partial charge in [-0.15, -0.1) is 0 Å². The average molecular weight is 603 g/mol. The molecule has 45 heavy (non-hydrogen) atoms. The summed E-state index contributed by atoms with van der Waals surface area (Å²) in [6, 6.07) is 14.4. The Morgan fingerprint density at radius 2 is 1.98 bits per heavy atom. The van der Waals surface area contributed by atoms with Crippen molar-refractivity contribution in [3.63, 3.8) is 0 Å². The van der Waals surface area contributed by atoms with E-state index in [1.165, 1.54) is 75.6 Å². The monoisotopic (exact) mass is 602 g/mol. The Morgan fingerprint density at radius 1 is 1.11 bits per heavy atom. The lowest BCUT2D eigenvalue weighted by molar-refractivity contribution is -0.226. The van der Waals surface area contributed by atoms with Gasteiger partial charge in [0.05, 0.1) is 18.2 Å². The van der Waals surface area contributed by atoms with Gasteiger partial charge < -0.3 is 15.0 Å². The lowest BCUT2D eigenvalue weighted by atomic mass is 9.86. The van der Waals surface area contributed by atoms with Crippen LogP contribution in [-0.2, 0) is 24.4 Å². The van der Waals surface area contributed by atoms with Gasteiger partial charge in [0.2, 0.25) is 0 Å². The second-order valence-electron chi connectivity index (χ2n) is 14.3. The zero-order valence-electron chi connectivity index (χ0n) is 27.0. The molecule has 3 aliphatic heterocycles. The minimum atomic E-state index is -0.251. The Hall–Kier alpha value is -3.65. The molecule has 7 heteroatoms. The maximum absolute atomic E-state index is 6.53. The number of hydroxylamine groups is 2. The topological polar surface area (TPSA) is 65.1 Å². The molecule has 2 atom stereocenters. The highest BCUT2D eigenvalue weighted by Crippen LogP contribution is 2.56. The molecule has 8 rings (SSSR count). The van der Waals surface area contributed by atoms with Crippen molar-refractivity contribution in [2.24, 2.45) is 4.99 Å². The number of likely N-dealkylation sites (tertiary alicyclic amines) is 1. The minimum Gasteiger partial charge on any atom is -0.488 e. The molecule has 2 N–H and O–H groups in total. The maximum atomic E-state index is 6.53. The smallest absolute Gasteiger partial charge is 0.128 e. The molecule has 233 valence electrons. The number of rotatable bonds is 7. The first-order valence-corrected chi connectivity index (χ1v) is 16.6. The average Bonchev–Trinajstić information content (AvgIpc) is 3.30. The number of hydrogen-bond acceptors (Lipinski definition) is 5. The van der Waals surface area contributed by atoms with Gasteiger partial charge in [-0.1, -0.05) is 18.7 Å². The SMILES string of the molecule is C=CNC(=NCc1cc2c3c(c1)OCc1cc(-c4ccc([C@@H]5CCCN5C)[nH]4)cc(c1-3)C1=C[C]1C2)[C@@H]1CCCN1OC(C)(C)C. The molecule has 5 aliphatic rings. The standard InChI is InChI=1S/C38H44N5O2/c1-6-39-37(33-10-8-14-43(33)45-38(2,3)4)40-21-23-15-26-17-24-19-28(24)29-20-25(18-27-22-44-34(16-23)36(26)35(27)29)30-11-12-31(41-30)32-9-7-13-42(32)5/h6,11-12,15-16,18-20,32-33,41H,1,7-10,13-14,17,21-22H2,2-5H3,(H,39,40)/t32-,33-/m0/s1. The van der Waals surface area contributed by atoms with Crippen LogP contribution >= 0.6 is 0 Å². The predicted molar refractivity (Wildman–Crippen MR) is 181 cm³/mol. The Labute approximate surface area is 267 Å². The Bertz CT molecular complexity index is 1730. The van der Waals surface area contributed by atoms with Gasteiger partial charge in [0, 0.05) is 35.5 Å². The molecule has 7 nitrogen and oxygen atoms in total. The van der Waals surface area contributed by atoms with Crippen LogP contribution in [0.15, 0.2) is 60.2 Å². The number of fused-ring (bicyclic) bond motifs is 2. The largest absolute Gasteiger partial charge is 0.488 e. The van der Waals surface area contributed by atoms with Crippen molar-refractivity contribution in [3.05, 3.63) is 89.1 Å². The summed E-state index contributed by atoms with van der Waals surface area (Å²) in [6.07, 6.45) is 9.58. The van der Waals surface area contributed by atoms with Crippen LogP contribution in [-0.4, -0.2) is 52.6 Å². The van der Waals surface area contributed by atoms with Crippen LogP contribution in [0.2, 0.25) is 0 Å². The molecule has 0 amide bonds. The van der Waals surface area contributed by atoms with Gasteiger partial charge in [0.1, 0.15) is 18.2 Å². The predicted octanol–water partition coefficient (Wildman–Crippen LogP) is 7.36. The van der Waals surface area contributed by atoms with Crippen LogP contribution in [0.4, 0.5) is 0 Å². The fourth-order valence-corrected chi connectivity index (χ4v) is 7.82. The van der Waals surface area contributed by atoms with Gasteiger partial charge in [0.25, 0.3) is 0 Å². The number of aromatic nitrogens is 1. The second-order valence-corrected chi connectivity index (χ2v) is 14.3. The minimum absolute atomic E-state index is 0.0879. The molecule has 0 saturated carbocycles. The van der Waals surface area contributed by atoms with E-state index in [-0.39, 0.29) is 11.6 Å². The lowest BCUT2D eigenvalue weighted by Gasteiger charge is -2.31. The van der Waals surface area contributed by atoms with Crippen LogP contribution in [0.1, 0.15) is 80.4 Å². The third kappa shape index (κ3) is 5.35. The van der Waals surface area contributed by atoms with Crippen LogP contribution in [0.25, 0.3) is 28.0 Å². The number of aliphatic imine (C=N–C) groups is 1. The van der Waals surface area contributed by atoms with Gasteiger partial charge in [-0.05, 0) is 142 Å². The fourth-order valence-electron chi connectivity index (χ4n) is 7.82. The number of hydrogen-bond donors (Lipinski definition) is 2. The Balaban J connectivity index is 1.11. The van der Waals surface area contributed by atoms with E-state index in [1.54, 1.807) is 6.20 Å². The lowest BCUT2D eigenvalue weighted by Crippen LogP contribution is -2.45. The second kappa shape index (κ2) is 11.0. The number of H-pyrrole nitrogens is 1. The molecule has 3 aromatic rings. The van der Waals surface area contributed by atoms with Crippen LogP contribution in [0, 0.1) is 5.92 Å². The number of benzene rings is 2. The first kappa shape index (κ1) is 28.8. The Kier molecular flexibility index (Phi) is 7.04. The first-order valence-electron chi connectivity index (χ1n) is 16.6. The van der Waals surface area contributed by atoms with E-state index >= 15 is 0 Å². The van der Waals surface area contributed by atoms with Crippen LogP contribution in [0.3, 0.4) is 0 Å². The maximum Gasteiger partial charge on any atom is 0.128 e. The fraction of sp³-hybridized carbons (Fsp3) is 0.421. The van der Waals surface area contributed by atoms with E-state index in [0.717, 1.165) is 43.0 Å². The van der Waals surface area contributed by atoms with Gasteiger partial charge in [-0.25, -0.2) is 0 Å². The number of amidine groups is 1. The number of nitrogens with one attached hydrogen (secondary N) is 2. The molecular formula is C38H44N5O2. The van der Waals surface area contributed by atoms with E-state index in [9.17, 15) is 0 Å². The summed E-state index contributed by atoms with van der Waals surface area (Å²) in [6.45, 7) is 13.4. The molecule has 0 bridgehead atoms. The molecule has 1 aromatic heterocycles. The zero-order chi connectivity index (χ0) is 30.9. The summed E-state index contributed by atoms with van der Waals surface area (Å²) >= 11 is 0. The van der Waals surface area contributed by atoms with Gasteiger partial charge >= 0.3 is 0 Å². The summed E-state index contributed by atoms with van der Waals surface area (Å²) in [4.78, 5) is 17.6. The normalized spacial score (nSPS) is 22.8. The van der Waals surface area contributed by atoms with Crippen molar-refractivity contribution < 1.29 is 9.57 Å². The number of allylic oxidation sites excluding steroid dienone is 2. The molecule has 2 aliphatic carbocycles. The van der Waals surface area contributed by atoms with E-state index in [2.05, 4.69) is 97.1 Å². The van der Waals surface area contributed by atoms with Gasteiger partial charge in [0.15, 0.2) is 0 Å². The summed E-state index contributed by atoms with van der Waals surface area (Å²) in [5.74, 6) is 3.32. The zero-order valence-corrected chi connectivity index (χ0v) is 27.0. The van der Waals surface area contributed by atoms with E-state index in [1.807, 2.05) is 0 Å². The number of aromatic amines is 1. The van der Waals surface area contributed by atoms with E-state index < -0.39 is 0 Å². The van der Waals surface area contributed by atoms with E-state index in [0.29, 0.717) is 19.2 Å². The molecule has 2 fully saturated rings. The van der Waals surface area contributed by atoms with Gasteiger partial charge in [-0.3, -0.25) is 14.7 Å². The van der Waals surface area contributed by atoms with Crippen molar-refractivity contribution in [1.29, 1.82) is 0 Å². The number of ether oxygens (including phenoxy) is 1. The highest BCUT2D eigenvalue weighted by Gasteiger charge is 2.38. The third-order valence-electron chi connectivity index (χ3n) is 9.84. The highest BCUT2D eigenvalue weighted by molar-refractivity contribution is 6.04. The van der Waals surface area contributed by atoms with Gasteiger partial charge in [-0.2, -0.15) is 5.06 Å². The molecule has 0 spiro atoms. The summed E-state index contributed by atoms with van der Waals surface area (Å²) in [5, 5.41) is 5.42. The number of nitrogens with zero attached hydrogens (tertiary/aromatic N) is 3. The van der Waals surface area contributed by atoms with Crippen molar-refractivity contribution in [3.8, 4) is 28.1 Å². The van der Waals surface area contributed by atoms with Crippen molar-refractivity contribution in [2.45, 2.75) is 83.7 Å². The highest BCUT2D eigenvalue weighted by atomic mass is 16.7. The van der Waals surface area contributed by atoms with Crippen molar-refractivity contribution in [2.75, 3.05) is 20.1 Å². The summed E-state index contributed by atoms with van der Waals surface area (Å²) < 4.78 is 6.53. The quantitative estimate of drug-likeness (QED) is 0.219. The third-order valence-corrected chi connectivity index (χ3v) is 9.84. The summed E-state index contributed by atoms with van der Waals surface area (Å²) in [5.41, 5.74) is 12.6.